The van der Waals surface area contributed by atoms with Gasteiger partial charge < -0.3 is 5.32 Å². The Hall–Kier alpha value is -0.740. The third-order valence-electron chi connectivity index (χ3n) is 2.21. The summed E-state index contributed by atoms with van der Waals surface area (Å²) in [7, 11) is 0. The second kappa shape index (κ2) is 8.38. The molecule has 3 nitrogen and oxygen atoms in total. The summed E-state index contributed by atoms with van der Waals surface area (Å²) in [5.41, 5.74) is -0.293. The monoisotopic (exact) mass is 288 g/mol. The van der Waals surface area contributed by atoms with Crippen LogP contribution in [0.1, 0.15) is 27.2 Å². The molecule has 0 saturated heterocycles. The van der Waals surface area contributed by atoms with Gasteiger partial charge in [-0.3, -0.25) is 9.78 Å². The molecule has 0 aliphatic heterocycles. The van der Waals surface area contributed by atoms with Crippen molar-refractivity contribution in [2.45, 2.75) is 32.1 Å². The molecule has 0 bridgehead atoms. The number of amides is 1. The van der Waals surface area contributed by atoms with Crippen molar-refractivity contribution in [1.82, 2.24) is 10.3 Å². The molecule has 5 heteroatoms. The lowest BCUT2D eigenvalue weighted by Gasteiger charge is -2.17. The van der Waals surface area contributed by atoms with Crippen molar-refractivity contribution in [2.24, 2.45) is 5.41 Å². The van der Waals surface area contributed by atoms with Gasteiger partial charge in [-0.15, -0.1) is 24.2 Å². The number of nitrogens with one attached hydrogen (secondary N) is 1. The summed E-state index contributed by atoms with van der Waals surface area (Å²) in [5, 5.41) is 2.94. The van der Waals surface area contributed by atoms with Crippen LogP contribution in [0.2, 0.25) is 0 Å². The minimum absolute atomic E-state index is 0. The van der Waals surface area contributed by atoms with Gasteiger partial charge in [0, 0.05) is 29.2 Å². The third kappa shape index (κ3) is 6.87. The van der Waals surface area contributed by atoms with Crippen LogP contribution in [0.25, 0.3) is 0 Å². The van der Waals surface area contributed by atoms with E-state index in [1.165, 1.54) is 4.90 Å². The lowest BCUT2D eigenvalue weighted by Crippen LogP contribution is -2.35. The molecule has 1 amide bonds. The molecule has 18 heavy (non-hydrogen) atoms. The van der Waals surface area contributed by atoms with Crippen molar-refractivity contribution >= 4 is 30.1 Å². The molecule has 1 heterocycles. The van der Waals surface area contributed by atoms with Crippen molar-refractivity contribution < 1.29 is 4.79 Å². The van der Waals surface area contributed by atoms with Crippen molar-refractivity contribution in [3.8, 4) is 0 Å². The zero-order valence-electron chi connectivity index (χ0n) is 11.1. The van der Waals surface area contributed by atoms with Crippen molar-refractivity contribution in [1.29, 1.82) is 0 Å². The van der Waals surface area contributed by atoms with Crippen molar-refractivity contribution in [3.63, 3.8) is 0 Å². The van der Waals surface area contributed by atoms with E-state index in [9.17, 15) is 4.79 Å². The average Bonchev–Trinajstić information content (AvgIpc) is 2.28. The maximum absolute atomic E-state index is 11.6. The lowest BCUT2D eigenvalue weighted by molar-refractivity contribution is -0.128. The Morgan fingerprint density at radius 3 is 2.50 bits per heavy atom. The van der Waals surface area contributed by atoms with Crippen molar-refractivity contribution in [3.05, 3.63) is 24.5 Å². The van der Waals surface area contributed by atoms with Crippen LogP contribution in [0, 0.1) is 5.41 Å². The zero-order chi connectivity index (χ0) is 12.7. The van der Waals surface area contributed by atoms with E-state index in [1.54, 1.807) is 24.2 Å². The number of aromatic nitrogens is 1. The van der Waals surface area contributed by atoms with Gasteiger partial charge in [-0.05, 0) is 24.3 Å². The Labute approximate surface area is 120 Å². The van der Waals surface area contributed by atoms with Gasteiger partial charge in [0.1, 0.15) is 0 Å². The standard InChI is InChI=1S/C13H20N2OS.ClH/c1-13(2,3)12(16)15-7-4-10-17-11-5-8-14-9-6-11;/h5-6,8-9H,4,7,10H2,1-3H3,(H,15,16);1H. The molecule has 1 N–H and O–H groups in total. The van der Waals surface area contributed by atoms with Crippen LogP contribution < -0.4 is 5.32 Å². The highest BCUT2D eigenvalue weighted by Crippen LogP contribution is 2.17. The normalized spacial score (nSPS) is 10.6. The zero-order valence-corrected chi connectivity index (χ0v) is 12.7. The number of hydrogen-bond acceptors (Lipinski definition) is 3. The first kappa shape index (κ1) is 17.3. The molecular weight excluding hydrogens is 268 g/mol. The average molecular weight is 289 g/mol. The van der Waals surface area contributed by atoms with Crippen LogP contribution in [0.5, 0.6) is 0 Å². The summed E-state index contributed by atoms with van der Waals surface area (Å²) < 4.78 is 0. The fourth-order valence-corrected chi connectivity index (χ4v) is 2.00. The summed E-state index contributed by atoms with van der Waals surface area (Å²) in [6, 6.07) is 4.00. The number of halogens is 1. The quantitative estimate of drug-likeness (QED) is 0.668. The Bertz CT molecular complexity index is 352. The van der Waals surface area contributed by atoms with Crippen LogP contribution in [-0.4, -0.2) is 23.2 Å². The summed E-state index contributed by atoms with van der Waals surface area (Å²) in [6.45, 7) is 6.52. The summed E-state index contributed by atoms with van der Waals surface area (Å²) in [5.74, 6) is 1.13. The second-order valence-electron chi connectivity index (χ2n) is 4.89. The van der Waals surface area contributed by atoms with E-state index in [4.69, 9.17) is 0 Å². The summed E-state index contributed by atoms with van der Waals surface area (Å²) in [4.78, 5) is 16.8. The topological polar surface area (TPSA) is 42.0 Å². The lowest BCUT2D eigenvalue weighted by atomic mass is 9.96. The SMILES string of the molecule is CC(C)(C)C(=O)NCCCSc1ccncc1.Cl. The van der Waals surface area contributed by atoms with Crippen LogP contribution in [0.15, 0.2) is 29.4 Å². The van der Waals surface area contributed by atoms with E-state index >= 15 is 0 Å². The molecule has 0 saturated carbocycles. The summed E-state index contributed by atoms with van der Waals surface area (Å²) in [6.07, 6.45) is 4.57. The van der Waals surface area contributed by atoms with E-state index in [2.05, 4.69) is 10.3 Å². The Kier molecular flexibility index (Phi) is 8.03. The molecule has 102 valence electrons. The van der Waals surface area contributed by atoms with E-state index in [-0.39, 0.29) is 23.7 Å². The fourth-order valence-electron chi connectivity index (χ4n) is 1.16. The molecule has 0 radical (unpaired) electrons. The number of carbonyl (C=O) groups is 1. The van der Waals surface area contributed by atoms with Gasteiger partial charge in [0.25, 0.3) is 0 Å². The van der Waals surface area contributed by atoms with E-state index < -0.39 is 0 Å². The summed E-state index contributed by atoms with van der Waals surface area (Å²) >= 11 is 1.79. The predicted octanol–water partition coefficient (Wildman–Crippen LogP) is 3.15. The number of thioether (sulfide) groups is 1. The number of nitrogens with zero attached hydrogens (tertiary/aromatic N) is 1. The van der Waals surface area contributed by atoms with Gasteiger partial charge in [0.2, 0.25) is 5.91 Å². The highest BCUT2D eigenvalue weighted by molar-refractivity contribution is 7.99. The third-order valence-corrected chi connectivity index (χ3v) is 3.30. The first-order valence-electron chi connectivity index (χ1n) is 5.81. The number of carbonyl (C=O) groups excluding carboxylic acids is 1. The molecule has 0 spiro atoms. The van der Waals surface area contributed by atoms with E-state index in [0.717, 1.165) is 18.7 Å². The molecule has 0 aliphatic carbocycles. The molecule has 0 aromatic carbocycles. The minimum atomic E-state index is -0.293. The van der Waals surface area contributed by atoms with Gasteiger partial charge in [0.15, 0.2) is 0 Å². The second-order valence-corrected chi connectivity index (χ2v) is 6.06. The Morgan fingerprint density at radius 1 is 1.33 bits per heavy atom. The molecule has 0 fully saturated rings. The first-order chi connectivity index (χ1) is 8.00. The highest BCUT2D eigenvalue weighted by Gasteiger charge is 2.19. The van der Waals surface area contributed by atoms with E-state index in [0.29, 0.717) is 0 Å². The highest BCUT2D eigenvalue weighted by atomic mass is 35.5. The van der Waals surface area contributed by atoms with Gasteiger partial charge in [0.05, 0.1) is 0 Å². The number of pyridine rings is 1. The van der Waals surface area contributed by atoms with Crippen LogP contribution in [0.3, 0.4) is 0 Å². The largest absolute Gasteiger partial charge is 0.356 e. The van der Waals surface area contributed by atoms with Crippen LogP contribution in [0.4, 0.5) is 0 Å². The van der Waals surface area contributed by atoms with Crippen molar-refractivity contribution in [2.75, 3.05) is 12.3 Å². The van der Waals surface area contributed by atoms with E-state index in [1.807, 2.05) is 32.9 Å². The smallest absolute Gasteiger partial charge is 0.225 e. The van der Waals surface area contributed by atoms with Gasteiger partial charge in [-0.25, -0.2) is 0 Å². The minimum Gasteiger partial charge on any atom is -0.356 e. The number of rotatable bonds is 5. The molecule has 0 aliphatic rings. The van der Waals surface area contributed by atoms with Gasteiger partial charge in [-0.2, -0.15) is 0 Å². The molecule has 1 aromatic rings. The Balaban J connectivity index is 0.00000289. The fraction of sp³-hybridized carbons (Fsp3) is 0.538. The molecule has 0 unspecified atom stereocenters. The molecular formula is C13H21ClN2OS. The molecule has 1 rings (SSSR count). The predicted molar refractivity (Wildman–Crippen MR) is 79.3 cm³/mol. The van der Waals surface area contributed by atoms with Crippen LogP contribution >= 0.6 is 24.2 Å². The number of hydrogen-bond donors (Lipinski definition) is 1. The first-order valence-corrected chi connectivity index (χ1v) is 6.80. The molecule has 1 aromatic heterocycles. The maximum Gasteiger partial charge on any atom is 0.225 e. The molecule has 0 atom stereocenters. The maximum atomic E-state index is 11.6. The Morgan fingerprint density at radius 2 is 1.94 bits per heavy atom. The van der Waals surface area contributed by atoms with Crippen LogP contribution in [-0.2, 0) is 4.79 Å². The van der Waals surface area contributed by atoms with Gasteiger partial charge in [-0.1, -0.05) is 20.8 Å². The van der Waals surface area contributed by atoms with Gasteiger partial charge >= 0.3 is 0 Å².